The first-order valence-corrected chi connectivity index (χ1v) is 14.8. The Labute approximate surface area is 258 Å². The van der Waals surface area contributed by atoms with Crippen molar-refractivity contribution in [2.75, 3.05) is 4.90 Å². The molecule has 2 N–H and O–H groups in total. The Balaban J connectivity index is 1.68. The van der Waals surface area contributed by atoms with Crippen molar-refractivity contribution >= 4 is 34.7 Å². The van der Waals surface area contributed by atoms with E-state index in [2.05, 4.69) is 32.0 Å². The molecule has 216 valence electrons. The third-order valence-corrected chi connectivity index (χ3v) is 9.04. The van der Waals surface area contributed by atoms with Crippen LogP contribution in [0.4, 0.5) is 5.69 Å². The number of allylic oxidation sites excluding steroid dienone is 3. The van der Waals surface area contributed by atoms with Crippen LogP contribution in [0.2, 0.25) is 10.0 Å². The van der Waals surface area contributed by atoms with Crippen LogP contribution in [-0.2, 0) is 11.4 Å². The lowest BCUT2D eigenvalue weighted by Gasteiger charge is -2.44. The van der Waals surface area contributed by atoms with Crippen molar-refractivity contribution in [3.05, 3.63) is 115 Å². The Morgan fingerprint density at radius 3 is 2.48 bits per heavy atom. The summed E-state index contributed by atoms with van der Waals surface area (Å²) in [5.41, 5.74) is 14.9. The molecule has 3 aromatic rings. The van der Waals surface area contributed by atoms with Gasteiger partial charge in [0.05, 0.1) is 23.2 Å². The highest BCUT2D eigenvalue weighted by Crippen LogP contribution is 2.51. The van der Waals surface area contributed by atoms with Crippen molar-refractivity contribution < 1.29 is 9.53 Å². The minimum absolute atomic E-state index is 0.0340. The van der Waals surface area contributed by atoms with Crippen LogP contribution in [0.5, 0.6) is 5.75 Å². The SMILES string of the molecule is Cc1cc(COc2ccc(Cl)cc2C)c(C)c(C2C(C#N)=C(N)N(c3cccc(Cl)c3C)C3=C2C(=O)CC(C)(C)C3)c1. The fourth-order valence-corrected chi connectivity index (χ4v) is 6.67. The molecule has 0 radical (unpaired) electrons. The number of carbonyl (C=O) groups excluding carboxylic acids is 1. The molecule has 0 fully saturated rings. The number of carbonyl (C=O) groups is 1. The van der Waals surface area contributed by atoms with Gasteiger partial charge in [-0.15, -0.1) is 0 Å². The molecule has 7 heteroatoms. The number of hydrogen-bond acceptors (Lipinski definition) is 5. The zero-order valence-electron chi connectivity index (χ0n) is 24.9. The van der Waals surface area contributed by atoms with Crippen molar-refractivity contribution in [3.63, 3.8) is 0 Å². The number of halogens is 2. The van der Waals surface area contributed by atoms with E-state index < -0.39 is 5.92 Å². The normalized spacial score (nSPS) is 18.2. The van der Waals surface area contributed by atoms with Crippen LogP contribution in [0.15, 0.2) is 71.2 Å². The van der Waals surface area contributed by atoms with Crippen molar-refractivity contribution in [2.24, 2.45) is 11.1 Å². The lowest BCUT2D eigenvalue weighted by molar-refractivity contribution is -0.118. The number of aryl methyl sites for hydroxylation is 2. The Morgan fingerprint density at radius 2 is 1.79 bits per heavy atom. The van der Waals surface area contributed by atoms with Gasteiger partial charge >= 0.3 is 0 Å². The van der Waals surface area contributed by atoms with Gasteiger partial charge in [-0.05, 0) is 97.7 Å². The first-order valence-electron chi connectivity index (χ1n) is 14.0. The van der Waals surface area contributed by atoms with Crippen molar-refractivity contribution in [1.29, 1.82) is 5.26 Å². The standard InChI is InChI=1S/C35H35Cl2N3O2/c1-19-12-23(18-42-31-11-10-24(36)14-20(31)2)21(3)25(13-19)32-26(17-38)34(39)40(28-9-7-8-27(37)22(28)4)29-15-35(5,6)16-30(41)33(29)32/h7-14,32H,15-16,18,39H2,1-6H3. The molecule has 0 saturated carbocycles. The zero-order chi connectivity index (χ0) is 30.5. The summed E-state index contributed by atoms with van der Waals surface area (Å²) < 4.78 is 6.22. The summed E-state index contributed by atoms with van der Waals surface area (Å²) in [4.78, 5) is 16.0. The van der Waals surface area contributed by atoms with E-state index >= 15 is 0 Å². The average Bonchev–Trinajstić information content (AvgIpc) is 2.90. The number of ether oxygens (including phenoxy) is 1. The lowest BCUT2D eigenvalue weighted by Crippen LogP contribution is -2.42. The number of rotatable bonds is 5. The molecule has 42 heavy (non-hydrogen) atoms. The predicted molar refractivity (Wildman–Crippen MR) is 170 cm³/mol. The number of Topliss-reactive ketones (excluding diaryl/α,β-unsaturated/α-hetero) is 1. The summed E-state index contributed by atoms with van der Waals surface area (Å²) in [6.07, 6.45) is 1.02. The van der Waals surface area contributed by atoms with Crippen LogP contribution in [0, 0.1) is 44.4 Å². The minimum atomic E-state index is -0.583. The van der Waals surface area contributed by atoms with Crippen LogP contribution < -0.4 is 15.4 Å². The number of nitrogens with two attached hydrogens (primary N) is 1. The van der Waals surface area contributed by atoms with Gasteiger partial charge in [-0.1, -0.05) is 60.8 Å². The number of benzene rings is 3. The molecule has 0 aromatic heterocycles. The Bertz CT molecular complexity index is 1730. The van der Waals surface area contributed by atoms with Crippen LogP contribution in [0.1, 0.15) is 66.0 Å². The van der Waals surface area contributed by atoms with Crippen LogP contribution in [0.25, 0.3) is 0 Å². The molecule has 1 unspecified atom stereocenters. The second-order valence-electron chi connectivity index (χ2n) is 12.2. The van der Waals surface area contributed by atoms with Gasteiger partial charge in [-0.2, -0.15) is 5.26 Å². The number of hydrogen-bond donors (Lipinski definition) is 1. The minimum Gasteiger partial charge on any atom is -0.489 e. The summed E-state index contributed by atoms with van der Waals surface area (Å²) in [6, 6.07) is 17.7. The quantitative estimate of drug-likeness (QED) is 0.317. The maximum Gasteiger partial charge on any atom is 0.162 e. The summed E-state index contributed by atoms with van der Waals surface area (Å²) in [7, 11) is 0. The second kappa shape index (κ2) is 11.2. The van der Waals surface area contributed by atoms with E-state index in [1.807, 2.05) is 69.0 Å². The molecule has 5 nitrogen and oxygen atoms in total. The third-order valence-electron chi connectivity index (χ3n) is 8.39. The number of nitrogens with zero attached hydrogens (tertiary/aromatic N) is 2. The molecule has 1 heterocycles. The van der Waals surface area contributed by atoms with Crippen molar-refractivity contribution in [3.8, 4) is 11.8 Å². The fourth-order valence-electron chi connectivity index (χ4n) is 6.28. The first kappa shape index (κ1) is 29.8. The number of nitriles is 1. The van der Waals surface area contributed by atoms with E-state index in [1.165, 1.54) is 0 Å². The first-order chi connectivity index (χ1) is 19.8. The smallest absolute Gasteiger partial charge is 0.162 e. The summed E-state index contributed by atoms with van der Waals surface area (Å²) >= 11 is 12.7. The molecule has 2 aliphatic rings. The molecular weight excluding hydrogens is 565 g/mol. The largest absolute Gasteiger partial charge is 0.489 e. The summed E-state index contributed by atoms with van der Waals surface area (Å²) in [5, 5.41) is 11.8. The van der Waals surface area contributed by atoms with Gasteiger partial charge in [-0.25, -0.2) is 0 Å². The van der Waals surface area contributed by atoms with Crippen LogP contribution in [0.3, 0.4) is 0 Å². The van der Waals surface area contributed by atoms with Gasteiger partial charge in [0.1, 0.15) is 18.2 Å². The van der Waals surface area contributed by atoms with Gasteiger partial charge in [0.25, 0.3) is 0 Å². The number of ketones is 1. The topological polar surface area (TPSA) is 79.3 Å². The van der Waals surface area contributed by atoms with E-state index in [1.54, 1.807) is 0 Å². The maximum absolute atomic E-state index is 14.1. The third kappa shape index (κ3) is 5.30. The van der Waals surface area contributed by atoms with Crippen LogP contribution >= 0.6 is 23.2 Å². The molecule has 5 rings (SSSR count). The fraction of sp³-hybridized carbons (Fsp3) is 0.314. The highest BCUT2D eigenvalue weighted by Gasteiger charge is 2.45. The van der Waals surface area contributed by atoms with E-state index in [4.69, 9.17) is 33.7 Å². The molecule has 0 bridgehead atoms. The Kier molecular flexibility index (Phi) is 7.91. The molecule has 1 aliphatic heterocycles. The monoisotopic (exact) mass is 599 g/mol. The predicted octanol–water partition coefficient (Wildman–Crippen LogP) is 8.75. The van der Waals surface area contributed by atoms with Gasteiger partial charge in [-0.3, -0.25) is 9.69 Å². The lowest BCUT2D eigenvalue weighted by atomic mass is 9.67. The highest BCUT2D eigenvalue weighted by molar-refractivity contribution is 6.31. The van der Waals surface area contributed by atoms with Gasteiger partial charge in [0.15, 0.2) is 5.78 Å². The number of anilines is 1. The highest BCUT2D eigenvalue weighted by atomic mass is 35.5. The van der Waals surface area contributed by atoms with Gasteiger partial charge in [0, 0.05) is 27.7 Å². The van der Waals surface area contributed by atoms with Gasteiger partial charge in [0.2, 0.25) is 0 Å². The maximum atomic E-state index is 14.1. The molecule has 1 atom stereocenters. The van der Waals surface area contributed by atoms with Crippen molar-refractivity contribution in [1.82, 2.24) is 0 Å². The van der Waals surface area contributed by atoms with Crippen molar-refractivity contribution in [2.45, 2.75) is 66.9 Å². The van der Waals surface area contributed by atoms with E-state index in [0.717, 1.165) is 50.5 Å². The van der Waals surface area contributed by atoms with E-state index in [0.29, 0.717) is 46.5 Å². The molecule has 0 saturated heterocycles. The molecule has 0 amide bonds. The van der Waals surface area contributed by atoms with Gasteiger partial charge < -0.3 is 10.5 Å². The Morgan fingerprint density at radius 1 is 1.05 bits per heavy atom. The molecule has 1 aliphatic carbocycles. The molecular formula is C35H35Cl2N3O2. The summed E-state index contributed by atoms with van der Waals surface area (Å²) in [5.74, 6) is 0.531. The van der Waals surface area contributed by atoms with Crippen LogP contribution in [-0.4, -0.2) is 5.78 Å². The molecule has 0 spiro atoms. The summed E-state index contributed by atoms with van der Waals surface area (Å²) in [6.45, 7) is 12.5. The molecule has 3 aromatic carbocycles. The van der Waals surface area contributed by atoms with E-state index in [9.17, 15) is 10.1 Å². The van der Waals surface area contributed by atoms with E-state index in [-0.39, 0.29) is 11.2 Å². The Hall–Kier alpha value is -3.72. The average molecular weight is 601 g/mol. The second-order valence-corrected chi connectivity index (χ2v) is 13.0. The zero-order valence-corrected chi connectivity index (χ0v) is 26.4.